The molecule has 0 radical (unpaired) electrons. The van der Waals surface area contributed by atoms with Crippen LogP contribution in [0.4, 0.5) is 5.69 Å². The van der Waals surface area contributed by atoms with E-state index in [1.165, 1.54) is 13.0 Å². The summed E-state index contributed by atoms with van der Waals surface area (Å²) in [4.78, 5) is 35.0. The van der Waals surface area contributed by atoms with Gasteiger partial charge in [0.15, 0.2) is 12.4 Å². The molecule has 128 valence electrons. The van der Waals surface area contributed by atoms with Crippen LogP contribution in [0.5, 0.6) is 0 Å². The molecule has 0 heterocycles. The highest BCUT2D eigenvalue weighted by molar-refractivity contribution is 9.10. The lowest BCUT2D eigenvalue weighted by Crippen LogP contribution is -2.21. The van der Waals surface area contributed by atoms with E-state index < -0.39 is 18.5 Å². The summed E-state index contributed by atoms with van der Waals surface area (Å²) >= 11 is 3.33. The summed E-state index contributed by atoms with van der Waals surface area (Å²) in [5, 5.41) is 2.56. The van der Waals surface area contributed by atoms with E-state index in [0.29, 0.717) is 11.3 Å². The molecule has 6 heteroatoms. The van der Waals surface area contributed by atoms with Gasteiger partial charge in [-0.3, -0.25) is 9.59 Å². The van der Waals surface area contributed by atoms with Gasteiger partial charge >= 0.3 is 5.97 Å². The number of nitrogens with one attached hydrogen (secondary N) is 1. The number of carbonyl (C=O) groups is 3. The average molecular weight is 402 g/mol. The number of ketones is 1. The molecule has 0 aromatic heterocycles. The third-order valence-electron chi connectivity index (χ3n) is 3.21. The zero-order valence-corrected chi connectivity index (χ0v) is 15.1. The molecule has 0 saturated carbocycles. The number of benzene rings is 2. The Labute approximate surface area is 153 Å². The van der Waals surface area contributed by atoms with Gasteiger partial charge in [0.05, 0.1) is 5.69 Å². The summed E-state index contributed by atoms with van der Waals surface area (Å²) in [6.45, 7) is 0.980. The average Bonchev–Trinajstić information content (AvgIpc) is 2.59. The Morgan fingerprint density at radius 3 is 2.44 bits per heavy atom. The predicted octanol–water partition coefficient (Wildman–Crippen LogP) is 3.85. The molecule has 0 atom stereocenters. The highest BCUT2D eigenvalue weighted by Crippen LogP contribution is 2.15. The van der Waals surface area contributed by atoms with Crippen molar-refractivity contribution in [2.75, 3.05) is 11.9 Å². The largest absolute Gasteiger partial charge is 0.452 e. The van der Waals surface area contributed by atoms with E-state index in [1.54, 1.807) is 30.3 Å². The molecule has 0 fully saturated rings. The van der Waals surface area contributed by atoms with Gasteiger partial charge in [0.25, 0.3) is 5.91 Å². The molecule has 0 aliphatic heterocycles. The molecular weight excluding hydrogens is 386 g/mol. The number of amides is 1. The van der Waals surface area contributed by atoms with Gasteiger partial charge in [-0.25, -0.2) is 4.79 Å². The fraction of sp³-hybridized carbons (Fsp3) is 0.105. The monoisotopic (exact) mass is 401 g/mol. The molecule has 0 saturated heterocycles. The molecule has 5 nitrogen and oxygen atoms in total. The van der Waals surface area contributed by atoms with E-state index in [0.717, 1.165) is 10.0 Å². The maximum absolute atomic E-state index is 11.9. The van der Waals surface area contributed by atoms with Gasteiger partial charge in [0, 0.05) is 16.1 Å². The van der Waals surface area contributed by atoms with Crippen molar-refractivity contribution in [2.24, 2.45) is 0 Å². The first-order valence-electron chi connectivity index (χ1n) is 7.46. The number of hydrogen-bond donors (Lipinski definition) is 1. The summed E-state index contributed by atoms with van der Waals surface area (Å²) in [5.41, 5.74) is 1.62. The first kappa shape index (κ1) is 18.6. The molecule has 0 aliphatic carbocycles. The van der Waals surface area contributed by atoms with Crippen molar-refractivity contribution in [2.45, 2.75) is 6.92 Å². The summed E-state index contributed by atoms with van der Waals surface area (Å²) < 4.78 is 5.83. The Balaban J connectivity index is 1.86. The van der Waals surface area contributed by atoms with Crippen molar-refractivity contribution in [1.82, 2.24) is 0 Å². The molecule has 2 aromatic rings. The topological polar surface area (TPSA) is 72.5 Å². The lowest BCUT2D eigenvalue weighted by atomic mass is 10.1. The van der Waals surface area contributed by atoms with E-state index in [-0.39, 0.29) is 5.78 Å². The first-order valence-corrected chi connectivity index (χ1v) is 8.25. The van der Waals surface area contributed by atoms with Gasteiger partial charge < -0.3 is 10.1 Å². The van der Waals surface area contributed by atoms with Crippen LogP contribution in [0.3, 0.4) is 0 Å². The van der Waals surface area contributed by atoms with Crippen molar-refractivity contribution in [1.29, 1.82) is 0 Å². The van der Waals surface area contributed by atoms with Gasteiger partial charge in [-0.05, 0) is 42.8 Å². The Morgan fingerprint density at radius 1 is 1.08 bits per heavy atom. The minimum absolute atomic E-state index is 0.162. The molecule has 0 spiro atoms. The fourth-order valence-electron chi connectivity index (χ4n) is 2.01. The van der Waals surface area contributed by atoms with Crippen LogP contribution < -0.4 is 5.32 Å². The Morgan fingerprint density at radius 2 is 1.76 bits per heavy atom. The van der Waals surface area contributed by atoms with Crippen LogP contribution in [0, 0.1) is 0 Å². The van der Waals surface area contributed by atoms with Crippen LogP contribution in [-0.4, -0.2) is 24.3 Å². The smallest absolute Gasteiger partial charge is 0.331 e. The van der Waals surface area contributed by atoms with Crippen LogP contribution >= 0.6 is 15.9 Å². The van der Waals surface area contributed by atoms with Gasteiger partial charge in [0.2, 0.25) is 0 Å². The number of esters is 1. The van der Waals surface area contributed by atoms with Crippen molar-refractivity contribution < 1.29 is 19.1 Å². The van der Waals surface area contributed by atoms with E-state index in [4.69, 9.17) is 4.74 Å². The normalized spacial score (nSPS) is 10.5. The van der Waals surface area contributed by atoms with E-state index in [2.05, 4.69) is 21.2 Å². The fourth-order valence-corrected chi connectivity index (χ4v) is 2.27. The predicted molar refractivity (Wildman–Crippen MR) is 99.2 cm³/mol. The molecule has 2 rings (SSSR count). The number of carbonyl (C=O) groups excluding carboxylic acids is 3. The van der Waals surface area contributed by atoms with Gasteiger partial charge in [-0.1, -0.05) is 40.2 Å². The molecule has 0 aliphatic rings. The number of Topliss-reactive ketones (excluding diaryl/α,β-unsaturated/α-hetero) is 1. The highest BCUT2D eigenvalue weighted by Gasteiger charge is 2.10. The van der Waals surface area contributed by atoms with Gasteiger partial charge in [0.1, 0.15) is 0 Å². The van der Waals surface area contributed by atoms with E-state index in [1.807, 2.05) is 24.3 Å². The summed E-state index contributed by atoms with van der Waals surface area (Å²) in [5.74, 6) is -1.30. The van der Waals surface area contributed by atoms with Crippen LogP contribution in [0.1, 0.15) is 22.8 Å². The molecule has 25 heavy (non-hydrogen) atoms. The maximum Gasteiger partial charge on any atom is 0.331 e. The van der Waals surface area contributed by atoms with Crippen molar-refractivity contribution in [3.8, 4) is 0 Å². The van der Waals surface area contributed by atoms with Crippen molar-refractivity contribution in [3.05, 3.63) is 70.2 Å². The molecule has 0 unspecified atom stereocenters. The number of para-hydroxylation sites is 1. The summed E-state index contributed by atoms with van der Waals surface area (Å²) in [6.07, 6.45) is 2.85. The van der Waals surface area contributed by atoms with Crippen LogP contribution in [0.15, 0.2) is 59.1 Å². The zero-order valence-electron chi connectivity index (χ0n) is 13.5. The quantitative estimate of drug-likeness (QED) is 0.453. The third-order valence-corrected chi connectivity index (χ3v) is 3.74. The number of rotatable bonds is 6. The third kappa shape index (κ3) is 6.00. The standard InChI is InChI=1S/C19H16BrNO4/c1-13(22)16-4-2-3-5-17(16)21-18(23)12-25-19(24)11-8-14-6-9-15(20)10-7-14/h2-11H,12H2,1H3,(H,21,23)/b11-8+. The number of hydrogen-bond acceptors (Lipinski definition) is 4. The Bertz CT molecular complexity index is 812. The molecule has 1 N–H and O–H groups in total. The van der Waals surface area contributed by atoms with E-state index in [9.17, 15) is 14.4 Å². The summed E-state index contributed by atoms with van der Waals surface area (Å²) in [7, 11) is 0. The summed E-state index contributed by atoms with van der Waals surface area (Å²) in [6, 6.07) is 14.0. The number of halogens is 1. The van der Waals surface area contributed by atoms with Gasteiger partial charge in [-0.2, -0.15) is 0 Å². The number of anilines is 1. The second-order valence-electron chi connectivity index (χ2n) is 5.14. The lowest BCUT2D eigenvalue weighted by molar-refractivity contribution is -0.142. The minimum atomic E-state index is -0.627. The lowest BCUT2D eigenvalue weighted by Gasteiger charge is -2.08. The SMILES string of the molecule is CC(=O)c1ccccc1NC(=O)COC(=O)/C=C/c1ccc(Br)cc1. The van der Waals surface area contributed by atoms with Gasteiger partial charge in [-0.15, -0.1) is 0 Å². The Hall–Kier alpha value is -2.73. The van der Waals surface area contributed by atoms with Crippen molar-refractivity contribution >= 4 is 45.4 Å². The van der Waals surface area contributed by atoms with Crippen LogP contribution in [0.2, 0.25) is 0 Å². The van der Waals surface area contributed by atoms with Crippen molar-refractivity contribution in [3.63, 3.8) is 0 Å². The zero-order chi connectivity index (χ0) is 18.2. The highest BCUT2D eigenvalue weighted by atomic mass is 79.9. The second-order valence-corrected chi connectivity index (χ2v) is 6.06. The maximum atomic E-state index is 11.9. The molecule has 2 aromatic carbocycles. The second kappa shape index (κ2) is 8.94. The Kier molecular flexibility index (Phi) is 6.65. The minimum Gasteiger partial charge on any atom is -0.452 e. The molecule has 0 bridgehead atoms. The molecule has 1 amide bonds. The number of ether oxygens (including phenoxy) is 1. The van der Waals surface area contributed by atoms with E-state index >= 15 is 0 Å². The van der Waals surface area contributed by atoms with Crippen LogP contribution in [-0.2, 0) is 14.3 Å². The molecular formula is C19H16BrNO4. The first-order chi connectivity index (χ1) is 12.0. The van der Waals surface area contributed by atoms with Crippen LogP contribution in [0.25, 0.3) is 6.08 Å².